The van der Waals surface area contributed by atoms with Gasteiger partial charge >= 0.3 is 5.97 Å². The second-order valence-electron chi connectivity index (χ2n) is 8.50. The van der Waals surface area contributed by atoms with Crippen molar-refractivity contribution in [1.29, 1.82) is 0 Å². The van der Waals surface area contributed by atoms with Crippen molar-refractivity contribution < 1.29 is 14.6 Å². The minimum absolute atomic E-state index is 0.110. The van der Waals surface area contributed by atoms with E-state index < -0.39 is 0 Å². The van der Waals surface area contributed by atoms with E-state index in [1.165, 1.54) is 0 Å². The van der Waals surface area contributed by atoms with Gasteiger partial charge < -0.3 is 9.84 Å². The third kappa shape index (κ3) is 4.40. The van der Waals surface area contributed by atoms with Crippen LogP contribution in [0.2, 0.25) is 0 Å². The Morgan fingerprint density at radius 2 is 1.40 bits per heavy atom. The topological polar surface area (TPSA) is 46.5 Å². The fraction of sp³-hybridized carbons (Fsp3) is 0.296. The van der Waals surface area contributed by atoms with Crippen LogP contribution in [0, 0.1) is 33.6 Å². The Hall–Kier alpha value is -3.07. The monoisotopic (exact) mass is 402 g/mol. The van der Waals surface area contributed by atoms with Crippen molar-refractivity contribution in [3.05, 3.63) is 93.5 Å². The van der Waals surface area contributed by atoms with E-state index in [1.54, 1.807) is 12.1 Å². The first-order valence-electron chi connectivity index (χ1n) is 10.4. The van der Waals surface area contributed by atoms with E-state index in [4.69, 9.17) is 4.74 Å². The normalized spacial score (nSPS) is 12.1. The molecule has 0 radical (unpaired) electrons. The van der Waals surface area contributed by atoms with Gasteiger partial charge in [-0.1, -0.05) is 67.4 Å². The molecule has 0 aromatic heterocycles. The van der Waals surface area contributed by atoms with Crippen LogP contribution in [0.1, 0.15) is 63.5 Å². The summed E-state index contributed by atoms with van der Waals surface area (Å²) in [6, 6.07) is 17.1. The molecule has 0 aliphatic carbocycles. The average Bonchev–Trinajstić information content (AvgIpc) is 2.68. The molecule has 3 aromatic carbocycles. The maximum atomic E-state index is 12.8. The first-order chi connectivity index (χ1) is 14.2. The van der Waals surface area contributed by atoms with Crippen LogP contribution in [-0.2, 0) is 0 Å². The highest BCUT2D eigenvalue weighted by Crippen LogP contribution is 2.44. The zero-order valence-electron chi connectivity index (χ0n) is 18.6. The van der Waals surface area contributed by atoms with Crippen molar-refractivity contribution >= 4 is 5.97 Å². The number of hydrogen-bond acceptors (Lipinski definition) is 3. The quantitative estimate of drug-likeness (QED) is 0.385. The van der Waals surface area contributed by atoms with Gasteiger partial charge in [-0.05, 0) is 56.9 Å². The lowest BCUT2D eigenvalue weighted by atomic mass is 9.79. The van der Waals surface area contributed by atoms with E-state index >= 15 is 0 Å². The number of phenols is 1. The highest BCUT2D eigenvalue weighted by atomic mass is 16.5. The number of rotatable bonds is 5. The molecule has 3 heteroatoms. The molecular formula is C27H30O3. The molecule has 0 spiro atoms. The summed E-state index contributed by atoms with van der Waals surface area (Å²) in [5.74, 6) is 0.578. The van der Waals surface area contributed by atoms with Gasteiger partial charge in [0.15, 0.2) is 0 Å². The number of hydrogen-bond donors (Lipinski definition) is 1. The molecule has 0 aliphatic rings. The van der Waals surface area contributed by atoms with Crippen molar-refractivity contribution in [1.82, 2.24) is 0 Å². The molecule has 30 heavy (non-hydrogen) atoms. The van der Waals surface area contributed by atoms with Gasteiger partial charge in [-0.25, -0.2) is 4.79 Å². The largest absolute Gasteiger partial charge is 0.507 e. The standard InChI is InChI=1S/C27H30O3/c1-16(2)24(22-14-17(3)12-19(5)25(22)28)23-15-18(4)13-20(6)26(23)30-27(29)21-10-8-7-9-11-21/h7-16,24,28H,1-6H3. The summed E-state index contributed by atoms with van der Waals surface area (Å²) in [7, 11) is 0. The molecule has 0 saturated carbocycles. The molecule has 1 unspecified atom stereocenters. The van der Waals surface area contributed by atoms with Crippen LogP contribution < -0.4 is 4.74 Å². The van der Waals surface area contributed by atoms with Gasteiger partial charge in [0.2, 0.25) is 0 Å². The van der Waals surface area contributed by atoms with Gasteiger partial charge in [0.25, 0.3) is 0 Å². The van der Waals surface area contributed by atoms with Crippen LogP contribution in [0.15, 0.2) is 54.6 Å². The van der Waals surface area contributed by atoms with Gasteiger partial charge in [0, 0.05) is 17.0 Å². The van der Waals surface area contributed by atoms with Crippen molar-refractivity contribution in [3.8, 4) is 11.5 Å². The molecule has 1 atom stereocenters. The van der Waals surface area contributed by atoms with Crippen molar-refractivity contribution in [2.45, 2.75) is 47.5 Å². The number of esters is 1. The van der Waals surface area contributed by atoms with E-state index in [0.717, 1.165) is 33.4 Å². The average molecular weight is 403 g/mol. The molecule has 0 fully saturated rings. The Bertz CT molecular complexity index is 1070. The first kappa shape index (κ1) is 21.6. The first-order valence-corrected chi connectivity index (χ1v) is 10.4. The maximum absolute atomic E-state index is 12.8. The molecule has 0 saturated heterocycles. The third-order valence-corrected chi connectivity index (χ3v) is 5.46. The molecule has 156 valence electrons. The molecule has 0 aliphatic heterocycles. The van der Waals surface area contributed by atoms with E-state index in [-0.39, 0.29) is 17.8 Å². The maximum Gasteiger partial charge on any atom is 0.343 e. The smallest absolute Gasteiger partial charge is 0.343 e. The molecule has 3 aromatic rings. The Morgan fingerprint density at radius 3 is 2.00 bits per heavy atom. The summed E-state index contributed by atoms with van der Waals surface area (Å²) in [6.45, 7) is 12.2. The number of phenolic OH excluding ortho intramolecular Hbond substituents is 1. The molecule has 0 amide bonds. The van der Waals surface area contributed by atoms with E-state index in [9.17, 15) is 9.90 Å². The summed E-state index contributed by atoms with van der Waals surface area (Å²) in [5.41, 5.74) is 6.25. The number of aryl methyl sites for hydroxylation is 4. The lowest BCUT2D eigenvalue weighted by Gasteiger charge is -2.27. The molecule has 0 bridgehead atoms. The minimum Gasteiger partial charge on any atom is -0.507 e. The Balaban J connectivity index is 2.17. The zero-order valence-corrected chi connectivity index (χ0v) is 18.6. The molecular weight excluding hydrogens is 372 g/mol. The van der Waals surface area contributed by atoms with Crippen LogP contribution in [0.3, 0.4) is 0 Å². The predicted octanol–water partition coefficient (Wildman–Crippen LogP) is 6.63. The lowest BCUT2D eigenvalue weighted by Crippen LogP contribution is -2.16. The van der Waals surface area contributed by atoms with E-state index in [2.05, 4.69) is 19.9 Å². The predicted molar refractivity (Wildman–Crippen MR) is 122 cm³/mol. The number of carbonyl (C=O) groups is 1. The lowest BCUT2D eigenvalue weighted by molar-refractivity contribution is 0.0731. The summed E-state index contributed by atoms with van der Waals surface area (Å²) >= 11 is 0. The summed E-state index contributed by atoms with van der Waals surface area (Å²) in [5, 5.41) is 10.9. The highest BCUT2D eigenvalue weighted by molar-refractivity contribution is 5.91. The van der Waals surface area contributed by atoms with Crippen LogP contribution >= 0.6 is 0 Å². The van der Waals surface area contributed by atoms with Gasteiger partial charge in [0.1, 0.15) is 11.5 Å². The minimum atomic E-state index is -0.379. The van der Waals surface area contributed by atoms with Crippen molar-refractivity contribution in [2.24, 2.45) is 5.92 Å². The highest BCUT2D eigenvalue weighted by Gasteiger charge is 2.28. The Morgan fingerprint density at radius 1 is 0.833 bits per heavy atom. The summed E-state index contributed by atoms with van der Waals surface area (Å²) in [4.78, 5) is 12.8. The van der Waals surface area contributed by atoms with Gasteiger partial charge in [-0.2, -0.15) is 0 Å². The summed E-state index contributed by atoms with van der Waals surface area (Å²) in [6.07, 6.45) is 0. The fourth-order valence-corrected chi connectivity index (χ4v) is 4.20. The molecule has 1 N–H and O–H groups in total. The van der Waals surface area contributed by atoms with Gasteiger partial charge in [0.05, 0.1) is 5.56 Å². The number of benzene rings is 3. The van der Waals surface area contributed by atoms with Crippen molar-refractivity contribution in [3.63, 3.8) is 0 Å². The SMILES string of the molecule is Cc1cc(C)c(O)c(C(c2cc(C)cc(C)c2OC(=O)c2ccccc2)C(C)C)c1. The molecule has 3 rings (SSSR count). The van der Waals surface area contributed by atoms with E-state index in [0.29, 0.717) is 17.1 Å². The zero-order chi connectivity index (χ0) is 22.0. The fourth-order valence-electron chi connectivity index (χ4n) is 4.20. The van der Waals surface area contributed by atoms with E-state index in [1.807, 2.05) is 64.1 Å². The van der Waals surface area contributed by atoms with Crippen LogP contribution in [0.25, 0.3) is 0 Å². The van der Waals surface area contributed by atoms with Crippen molar-refractivity contribution in [2.75, 3.05) is 0 Å². The summed E-state index contributed by atoms with van der Waals surface area (Å²) < 4.78 is 5.95. The molecule has 3 nitrogen and oxygen atoms in total. The number of aromatic hydroxyl groups is 1. The Kier molecular flexibility index (Phi) is 6.31. The van der Waals surface area contributed by atoms with Gasteiger partial charge in [-0.3, -0.25) is 0 Å². The molecule has 0 heterocycles. The van der Waals surface area contributed by atoms with Gasteiger partial charge in [-0.15, -0.1) is 0 Å². The van der Waals surface area contributed by atoms with Crippen LogP contribution in [0.4, 0.5) is 0 Å². The van der Waals surface area contributed by atoms with Crippen LogP contribution in [0.5, 0.6) is 11.5 Å². The van der Waals surface area contributed by atoms with Crippen LogP contribution in [-0.4, -0.2) is 11.1 Å². The number of ether oxygens (including phenoxy) is 1. The second kappa shape index (κ2) is 8.74. The Labute approximate surface area is 179 Å². The number of carbonyl (C=O) groups excluding carboxylic acids is 1. The third-order valence-electron chi connectivity index (χ3n) is 5.46. The second-order valence-corrected chi connectivity index (χ2v) is 8.50.